The number of aryl methyl sites for hydroxylation is 1. The van der Waals surface area contributed by atoms with Crippen LogP contribution in [-0.2, 0) is 4.79 Å². The molecular formula is C16H11N5O2S. The Kier molecular flexibility index (Phi) is 3.39. The molecule has 0 radical (unpaired) electrons. The Morgan fingerprint density at radius 1 is 1.33 bits per heavy atom. The second-order valence-corrected chi connectivity index (χ2v) is 6.07. The molecule has 0 spiro atoms. The number of furan rings is 1. The van der Waals surface area contributed by atoms with Crippen molar-refractivity contribution in [3.63, 3.8) is 0 Å². The molecule has 2 aromatic rings. The summed E-state index contributed by atoms with van der Waals surface area (Å²) in [5.41, 5.74) is 0.955. The molecule has 2 aliphatic rings. The summed E-state index contributed by atoms with van der Waals surface area (Å²) >= 11 is 1.24. The van der Waals surface area contributed by atoms with Crippen LogP contribution in [0.1, 0.15) is 17.1 Å². The van der Waals surface area contributed by atoms with E-state index in [-0.39, 0.29) is 11.4 Å². The van der Waals surface area contributed by atoms with Crippen LogP contribution in [-0.4, -0.2) is 31.9 Å². The third kappa shape index (κ3) is 2.46. The fourth-order valence-corrected chi connectivity index (χ4v) is 3.15. The number of hydrazone groups is 1. The lowest BCUT2D eigenvalue weighted by Gasteiger charge is -2.19. The topological polar surface area (TPSA) is 94.9 Å². The molecule has 0 aromatic carbocycles. The number of thioether (sulfide) groups is 1. The standard InChI is InChI=1S/C16H11N5O2S/c1-9-4-5-11(23-9)7-12-13(17)21-16(19-14(12)22)24-15(20-21)10-3-2-6-18-8-10/h2-8,17H,1H3/b12-7+,17-13?. The third-order valence-corrected chi connectivity index (χ3v) is 4.37. The van der Waals surface area contributed by atoms with Crippen molar-refractivity contribution in [2.45, 2.75) is 6.92 Å². The van der Waals surface area contributed by atoms with Gasteiger partial charge in [0, 0.05) is 18.0 Å². The van der Waals surface area contributed by atoms with Gasteiger partial charge in [-0.05, 0) is 49.0 Å². The van der Waals surface area contributed by atoms with E-state index in [2.05, 4.69) is 15.1 Å². The lowest BCUT2D eigenvalue weighted by atomic mass is 10.1. The molecule has 8 heteroatoms. The van der Waals surface area contributed by atoms with Gasteiger partial charge in [0.25, 0.3) is 5.91 Å². The molecule has 1 amide bonds. The van der Waals surface area contributed by atoms with E-state index in [1.807, 2.05) is 13.0 Å². The zero-order valence-electron chi connectivity index (χ0n) is 12.6. The summed E-state index contributed by atoms with van der Waals surface area (Å²) < 4.78 is 5.44. The number of amidine groups is 2. The smallest absolute Gasteiger partial charge is 0.283 e. The Morgan fingerprint density at radius 2 is 2.21 bits per heavy atom. The lowest BCUT2D eigenvalue weighted by molar-refractivity contribution is -0.114. The molecule has 118 valence electrons. The average Bonchev–Trinajstić information content (AvgIpc) is 3.18. The second-order valence-electron chi connectivity index (χ2n) is 5.12. The van der Waals surface area contributed by atoms with Crippen LogP contribution in [0, 0.1) is 12.3 Å². The highest BCUT2D eigenvalue weighted by atomic mass is 32.2. The van der Waals surface area contributed by atoms with E-state index in [0.717, 1.165) is 11.3 Å². The molecule has 2 aliphatic heterocycles. The largest absolute Gasteiger partial charge is 0.462 e. The fraction of sp³-hybridized carbons (Fsp3) is 0.0625. The number of amides is 1. The van der Waals surface area contributed by atoms with Gasteiger partial charge < -0.3 is 4.42 Å². The van der Waals surface area contributed by atoms with Crippen LogP contribution in [0.2, 0.25) is 0 Å². The van der Waals surface area contributed by atoms with E-state index in [4.69, 9.17) is 9.83 Å². The second kappa shape index (κ2) is 5.57. The highest BCUT2D eigenvalue weighted by Crippen LogP contribution is 2.30. The predicted molar refractivity (Wildman–Crippen MR) is 91.8 cm³/mol. The number of pyridine rings is 1. The first-order valence-corrected chi connectivity index (χ1v) is 7.90. The third-order valence-electron chi connectivity index (χ3n) is 3.41. The minimum atomic E-state index is -0.476. The summed E-state index contributed by atoms with van der Waals surface area (Å²) in [6.45, 7) is 1.81. The highest BCUT2D eigenvalue weighted by molar-refractivity contribution is 8.27. The minimum Gasteiger partial charge on any atom is -0.462 e. The predicted octanol–water partition coefficient (Wildman–Crippen LogP) is 2.65. The van der Waals surface area contributed by atoms with E-state index >= 15 is 0 Å². The fourth-order valence-electron chi connectivity index (χ4n) is 2.27. The Labute approximate surface area is 141 Å². The number of hydrogen-bond donors (Lipinski definition) is 1. The monoisotopic (exact) mass is 337 g/mol. The number of fused-ring (bicyclic) bond motifs is 1. The van der Waals surface area contributed by atoms with Crippen LogP contribution in [0.4, 0.5) is 0 Å². The summed E-state index contributed by atoms with van der Waals surface area (Å²) in [7, 11) is 0. The highest BCUT2D eigenvalue weighted by Gasteiger charge is 2.36. The van der Waals surface area contributed by atoms with Gasteiger partial charge in [0.05, 0.1) is 5.57 Å². The van der Waals surface area contributed by atoms with Gasteiger partial charge in [-0.15, -0.1) is 0 Å². The zero-order chi connectivity index (χ0) is 16.7. The first-order chi connectivity index (χ1) is 11.6. The summed E-state index contributed by atoms with van der Waals surface area (Å²) in [4.78, 5) is 20.4. The van der Waals surface area contributed by atoms with Gasteiger partial charge in [0.15, 0.2) is 5.84 Å². The Hall–Kier alpha value is -3.00. The van der Waals surface area contributed by atoms with Gasteiger partial charge in [-0.3, -0.25) is 15.2 Å². The molecule has 0 fully saturated rings. The molecule has 0 unspecified atom stereocenters. The van der Waals surface area contributed by atoms with Crippen molar-refractivity contribution in [1.82, 2.24) is 9.99 Å². The van der Waals surface area contributed by atoms with Crippen molar-refractivity contribution >= 4 is 39.8 Å². The van der Waals surface area contributed by atoms with Crippen molar-refractivity contribution in [3.05, 3.63) is 59.3 Å². The first-order valence-electron chi connectivity index (χ1n) is 7.09. The first kappa shape index (κ1) is 14.6. The van der Waals surface area contributed by atoms with Gasteiger partial charge in [-0.2, -0.15) is 15.1 Å². The Bertz CT molecular complexity index is 942. The van der Waals surface area contributed by atoms with Crippen molar-refractivity contribution in [2.75, 3.05) is 0 Å². The van der Waals surface area contributed by atoms with Gasteiger partial charge >= 0.3 is 0 Å². The van der Waals surface area contributed by atoms with E-state index in [1.165, 1.54) is 22.8 Å². The van der Waals surface area contributed by atoms with Crippen molar-refractivity contribution in [3.8, 4) is 0 Å². The van der Waals surface area contributed by atoms with Crippen LogP contribution < -0.4 is 0 Å². The van der Waals surface area contributed by atoms with Crippen LogP contribution in [0.15, 0.2) is 56.7 Å². The molecular weight excluding hydrogens is 326 g/mol. The number of nitrogens with one attached hydrogen (secondary N) is 1. The molecule has 0 saturated heterocycles. The molecule has 0 atom stereocenters. The van der Waals surface area contributed by atoms with E-state index < -0.39 is 5.91 Å². The van der Waals surface area contributed by atoms with Gasteiger partial charge in [0.1, 0.15) is 16.6 Å². The maximum Gasteiger partial charge on any atom is 0.283 e. The normalized spacial score (nSPS) is 18.7. The average molecular weight is 337 g/mol. The molecule has 2 aromatic heterocycles. The minimum absolute atomic E-state index is 0.0227. The van der Waals surface area contributed by atoms with Crippen molar-refractivity contribution in [2.24, 2.45) is 10.1 Å². The van der Waals surface area contributed by atoms with E-state index in [9.17, 15) is 4.79 Å². The summed E-state index contributed by atoms with van der Waals surface area (Å²) in [5, 5.41) is 15.1. The molecule has 0 bridgehead atoms. The number of aromatic nitrogens is 1. The lowest BCUT2D eigenvalue weighted by Crippen LogP contribution is -2.35. The molecule has 0 aliphatic carbocycles. The zero-order valence-corrected chi connectivity index (χ0v) is 13.4. The van der Waals surface area contributed by atoms with Crippen LogP contribution in [0.5, 0.6) is 0 Å². The summed E-state index contributed by atoms with van der Waals surface area (Å²) in [6, 6.07) is 7.21. The van der Waals surface area contributed by atoms with E-state index in [1.54, 1.807) is 30.6 Å². The number of nitrogens with zero attached hydrogens (tertiary/aromatic N) is 4. The van der Waals surface area contributed by atoms with Crippen LogP contribution in [0.25, 0.3) is 6.08 Å². The van der Waals surface area contributed by atoms with Gasteiger partial charge in [0.2, 0.25) is 5.17 Å². The molecule has 7 nitrogen and oxygen atoms in total. The van der Waals surface area contributed by atoms with Crippen LogP contribution >= 0.6 is 11.8 Å². The van der Waals surface area contributed by atoms with Gasteiger partial charge in [-0.1, -0.05) is 0 Å². The summed E-state index contributed by atoms with van der Waals surface area (Å²) in [5.74, 6) is 0.734. The molecule has 4 rings (SSSR count). The maximum atomic E-state index is 12.3. The van der Waals surface area contributed by atoms with Gasteiger partial charge in [-0.25, -0.2) is 0 Å². The van der Waals surface area contributed by atoms with Crippen LogP contribution in [0.3, 0.4) is 0 Å². The number of rotatable bonds is 2. The molecule has 4 heterocycles. The Balaban J connectivity index is 1.70. The molecule has 1 N–H and O–H groups in total. The number of carbonyl (C=O) groups excluding carboxylic acids is 1. The quantitative estimate of drug-likeness (QED) is 0.850. The number of aliphatic imine (C=N–C) groups is 1. The van der Waals surface area contributed by atoms with Crippen molar-refractivity contribution in [1.29, 1.82) is 5.41 Å². The van der Waals surface area contributed by atoms with E-state index in [0.29, 0.717) is 16.0 Å². The van der Waals surface area contributed by atoms with Crippen molar-refractivity contribution < 1.29 is 9.21 Å². The SMILES string of the molecule is Cc1ccc(/C=C2\C(=N)N3N=C(c4cccnc4)SC3=NC2=O)o1. The molecule has 24 heavy (non-hydrogen) atoms. The number of hydrogen-bond acceptors (Lipinski definition) is 6. The summed E-state index contributed by atoms with van der Waals surface area (Å²) in [6.07, 6.45) is 4.87. The number of carbonyl (C=O) groups is 1. The maximum absolute atomic E-state index is 12.3. The molecule has 0 saturated carbocycles. The Morgan fingerprint density at radius 3 is 2.92 bits per heavy atom.